The smallest absolute Gasteiger partial charge is 0.142 e. The zero-order valence-electron chi connectivity index (χ0n) is 11.3. The van der Waals surface area contributed by atoms with Gasteiger partial charge in [0.2, 0.25) is 0 Å². The lowest BCUT2D eigenvalue weighted by Gasteiger charge is -2.50. The second-order valence-electron chi connectivity index (χ2n) is 6.82. The van der Waals surface area contributed by atoms with Crippen LogP contribution in [0.1, 0.15) is 53.4 Å². The quantitative estimate of drug-likeness (QED) is 0.601. The molecule has 2 aliphatic carbocycles. The van der Waals surface area contributed by atoms with Crippen molar-refractivity contribution in [3.05, 3.63) is 11.6 Å². The molecule has 2 heteroatoms. The highest BCUT2D eigenvalue weighted by Gasteiger charge is 2.67. The van der Waals surface area contributed by atoms with Crippen LogP contribution >= 0.6 is 0 Å². The molecule has 1 aliphatic heterocycles. The molecule has 1 spiro atoms. The fraction of sp³-hybridized carbons (Fsp3) is 0.800. The average Bonchev–Trinajstić information content (AvgIpc) is 2.45. The summed E-state index contributed by atoms with van der Waals surface area (Å²) in [6.07, 6.45) is 5.98. The summed E-state index contributed by atoms with van der Waals surface area (Å²) in [6, 6.07) is 0. The lowest BCUT2D eigenvalue weighted by Crippen LogP contribution is -2.55. The van der Waals surface area contributed by atoms with Crippen molar-refractivity contribution in [3.63, 3.8) is 0 Å². The second-order valence-corrected chi connectivity index (χ2v) is 6.82. The van der Waals surface area contributed by atoms with Crippen LogP contribution in [0.2, 0.25) is 0 Å². The van der Waals surface area contributed by atoms with Crippen LogP contribution in [0.4, 0.5) is 0 Å². The van der Waals surface area contributed by atoms with Crippen LogP contribution in [-0.4, -0.2) is 17.0 Å². The van der Waals surface area contributed by atoms with Crippen molar-refractivity contribution in [2.45, 2.75) is 64.6 Å². The Morgan fingerprint density at radius 3 is 2.76 bits per heavy atom. The number of carbonyl (C=O) groups excluding carboxylic acids is 1. The number of rotatable bonds is 0. The molecule has 2 fully saturated rings. The Hall–Kier alpha value is -0.630. The van der Waals surface area contributed by atoms with Crippen LogP contribution in [0, 0.1) is 11.3 Å². The third-order valence-electron chi connectivity index (χ3n) is 5.62. The predicted octanol–water partition coefficient (Wildman–Crippen LogP) is 3.26. The maximum absolute atomic E-state index is 12.5. The van der Waals surface area contributed by atoms with Crippen molar-refractivity contribution in [1.29, 1.82) is 0 Å². The molecule has 0 radical (unpaired) electrons. The van der Waals surface area contributed by atoms with Gasteiger partial charge in [-0.2, -0.15) is 0 Å². The normalized spacial score (nSPS) is 47.6. The first-order valence-corrected chi connectivity index (χ1v) is 6.73. The van der Waals surface area contributed by atoms with Crippen molar-refractivity contribution in [2.75, 3.05) is 0 Å². The average molecular weight is 234 g/mol. The Labute approximate surface area is 103 Å². The molecular weight excluding hydrogens is 212 g/mol. The van der Waals surface area contributed by atoms with E-state index in [9.17, 15) is 4.79 Å². The molecule has 1 saturated carbocycles. The summed E-state index contributed by atoms with van der Waals surface area (Å²) in [5, 5.41) is 0. The standard InChI is InChI=1S/C15H22O2/c1-10-6-5-7-14(4)12(16)8-11-9-15(10,14)17-13(11,2)3/h6,11H,5,7-9H2,1-4H3/t11-,14+,15+/m1/s1. The minimum atomic E-state index is -0.297. The molecular formula is C15H22O2. The molecule has 2 nitrogen and oxygen atoms in total. The Kier molecular flexibility index (Phi) is 2.04. The zero-order valence-corrected chi connectivity index (χ0v) is 11.3. The fourth-order valence-electron chi connectivity index (χ4n) is 4.26. The minimum absolute atomic E-state index is 0.153. The molecule has 0 aromatic carbocycles. The number of carbonyl (C=O) groups is 1. The lowest BCUT2D eigenvalue weighted by molar-refractivity contribution is -0.155. The molecule has 0 N–H and O–H groups in total. The van der Waals surface area contributed by atoms with Gasteiger partial charge >= 0.3 is 0 Å². The number of ether oxygens (including phenoxy) is 1. The van der Waals surface area contributed by atoms with Crippen LogP contribution < -0.4 is 0 Å². The summed E-state index contributed by atoms with van der Waals surface area (Å²) in [6.45, 7) is 8.57. The monoisotopic (exact) mass is 234 g/mol. The van der Waals surface area contributed by atoms with Gasteiger partial charge in [0.25, 0.3) is 0 Å². The third kappa shape index (κ3) is 1.17. The first-order chi connectivity index (χ1) is 7.82. The summed E-state index contributed by atoms with van der Waals surface area (Å²) in [5.74, 6) is 0.816. The van der Waals surface area contributed by atoms with Gasteiger partial charge in [-0.1, -0.05) is 6.08 Å². The highest BCUT2D eigenvalue weighted by Crippen LogP contribution is 2.62. The van der Waals surface area contributed by atoms with Crippen molar-refractivity contribution in [2.24, 2.45) is 11.3 Å². The van der Waals surface area contributed by atoms with Crippen molar-refractivity contribution < 1.29 is 9.53 Å². The van der Waals surface area contributed by atoms with Crippen molar-refractivity contribution in [3.8, 4) is 0 Å². The van der Waals surface area contributed by atoms with E-state index >= 15 is 0 Å². The van der Waals surface area contributed by atoms with Gasteiger partial charge in [-0.25, -0.2) is 0 Å². The number of hydrogen-bond donors (Lipinski definition) is 0. The summed E-state index contributed by atoms with van der Waals surface area (Å²) in [4.78, 5) is 12.5. The summed E-state index contributed by atoms with van der Waals surface area (Å²) in [7, 11) is 0. The molecule has 1 saturated heterocycles. The number of hydrogen-bond acceptors (Lipinski definition) is 2. The van der Waals surface area contributed by atoms with Gasteiger partial charge in [0.1, 0.15) is 11.4 Å². The van der Waals surface area contributed by atoms with Crippen molar-refractivity contribution >= 4 is 5.78 Å². The Balaban J connectivity index is 2.18. The van der Waals surface area contributed by atoms with E-state index in [1.165, 1.54) is 5.57 Å². The summed E-state index contributed by atoms with van der Waals surface area (Å²) in [5.41, 5.74) is 0.555. The molecule has 17 heavy (non-hydrogen) atoms. The number of allylic oxidation sites excluding steroid dienone is 1. The molecule has 1 heterocycles. The second kappa shape index (κ2) is 3.03. The van der Waals surface area contributed by atoms with Gasteiger partial charge in [-0.3, -0.25) is 4.79 Å². The maximum atomic E-state index is 12.5. The van der Waals surface area contributed by atoms with Crippen molar-refractivity contribution in [1.82, 2.24) is 0 Å². The molecule has 0 aromatic heterocycles. The zero-order chi connectivity index (χ0) is 12.5. The van der Waals surface area contributed by atoms with Crippen LogP contribution in [0.15, 0.2) is 11.6 Å². The van der Waals surface area contributed by atoms with E-state index in [2.05, 4.69) is 33.8 Å². The van der Waals surface area contributed by atoms with E-state index in [0.29, 0.717) is 18.1 Å². The van der Waals surface area contributed by atoms with E-state index in [1.54, 1.807) is 0 Å². The van der Waals surface area contributed by atoms with E-state index in [-0.39, 0.29) is 16.6 Å². The number of Topliss-reactive ketones (excluding diaryl/α,β-unsaturated/α-hetero) is 1. The van der Waals surface area contributed by atoms with Crippen LogP contribution in [0.3, 0.4) is 0 Å². The fourth-order valence-corrected chi connectivity index (χ4v) is 4.26. The minimum Gasteiger partial charge on any atom is -0.363 e. The first kappa shape index (κ1) is 11.5. The van der Waals surface area contributed by atoms with E-state index in [0.717, 1.165) is 19.3 Å². The van der Waals surface area contributed by atoms with Gasteiger partial charge in [0.05, 0.1) is 11.0 Å². The van der Waals surface area contributed by atoms with Gasteiger partial charge in [-0.05, 0) is 58.4 Å². The Morgan fingerprint density at radius 1 is 1.35 bits per heavy atom. The molecule has 3 atom stereocenters. The topological polar surface area (TPSA) is 26.3 Å². The van der Waals surface area contributed by atoms with Gasteiger partial charge in [0, 0.05) is 6.42 Å². The van der Waals surface area contributed by atoms with E-state index < -0.39 is 0 Å². The predicted molar refractivity (Wildman–Crippen MR) is 66.7 cm³/mol. The number of fused-ring (bicyclic) bond motifs is 1. The largest absolute Gasteiger partial charge is 0.363 e. The summed E-state index contributed by atoms with van der Waals surface area (Å²) >= 11 is 0. The van der Waals surface area contributed by atoms with Gasteiger partial charge in [-0.15, -0.1) is 0 Å². The Morgan fingerprint density at radius 2 is 2.06 bits per heavy atom. The molecule has 3 rings (SSSR count). The summed E-state index contributed by atoms with van der Waals surface area (Å²) < 4.78 is 6.46. The molecule has 0 aromatic rings. The van der Waals surface area contributed by atoms with Crippen LogP contribution in [-0.2, 0) is 9.53 Å². The lowest BCUT2D eigenvalue weighted by atomic mass is 9.55. The third-order valence-corrected chi connectivity index (χ3v) is 5.62. The molecule has 0 unspecified atom stereocenters. The number of ketones is 1. The molecule has 0 amide bonds. The molecule has 94 valence electrons. The first-order valence-electron chi connectivity index (χ1n) is 6.73. The maximum Gasteiger partial charge on any atom is 0.142 e. The highest BCUT2D eigenvalue weighted by atomic mass is 16.5. The van der Waals surface area contributed by atoms with Crippen LogP contribution in [0.25, 0.3) is 0 Å². The van der Waals surface area contributed by atoms with Gasteiger partial charge < -0.3 is 4.74 Å². The van der Waals surface area contributed by atoms with Gasteiger partial charge in [0.15, 0.2) is 0 Å². The molecule has 2 bridgehead atoms. The highest BCUT2D eigenvalue weighted by molar-refractivity contribution is 5.88. The van der Waals surface area contributed by atoms with Crippen LogP contribution in [0.5, 0.6) is 0 Å². The molecule has 3 aliphatic rings. The SMILES string of the molecule is CC1=CCC[C@@]2(C)C(=O)C[C@@H]3C[C@]12OC3(C)C. The van der Waals surface area contributed by atoms with E-state index in [1.807, 2.05) is 0 Å². The Bertz CT molecular complexity index is 421. The van der Waals surface area contributed by atoms with E-state index in [4.69, 9.17) is 4.74 Å².